The molecule has 1 atom stereocenters. The molecule has 1 aliphatic rings. The average Bonchev–Trinajstić information content (AvgIpc) is 2.45. The van der Waals surface area contributed by atoms with Gasteiger partial charge in [-0.3, -0.25) is 4.79 Å². The number of nitrogens with zero attached hydrogens (tertiary/aromatic N) is 1. The molecule has 1 aromatic rings. The molecule has 1 fully saturated rings. The predicted molar refractivity (Wildman–Crippen MR) is 73.6 cm³/mol. The van der Waals surface area contributed by atoms with Crippen molar-refractivity contribution in [3.8, 4) is 0 Å². The lowest BCUT2D eigenvalue weighted by Crippen LogP contribution is -2.49. The molecule has 0 bridgehead atoms. The first-order valence-electron chi connectivity index (χ1n) is 7.10. The summed E-state index contributed by atoms with van der Waals surface area (Å²) < 4.78 is 27.5. The molecule has 0 saturated carbocycles. The van der Waals surface area contributed by atoms with E-state index < -0.39 is 23.1 Å². The van der Waals surface area contributed by atoms with Crippen LogP contribution in [0.1, 0.15) is 36.5 Å². The molecule has 3 nitrogen and oxygen atoms in total. The third kappa shape index (κ3) is 3.15. The molecular weight excluding hydrogens is 262 g/mol. The number of amides is 1. The van der Waals surface area contributed by atoms with Gasteiger partial charge in [-0.1, -0.05) is 13.0 Å². The lowest BCUT2D eigenvalue weighted by Gasteiger charge is -2.34. The number of benzene rings is 1. The van der Waals surface area contributed by atoms with Gasteiger partial charge in [-0.15, -0.1) is 0 Å². The summed E-state index contributed by atoms with van der Waals surface area (Å²) in [5.41, 5.74) is -0.438. The SMILES string of the molecule is CCCN(C(=O)c1c(F)cccc1F)C1CCCNC1. The first-order chi connectivity index (χ1) is 9.65. The van der Waals surface area contributed by atoms with E-state index in [1.807, 2.05) is 6.92 Å². The minimum atomic E-state index is -0.792. The summed E-state index contributed by atoms with van der Waals surface area (Å²) in [6.07, 6.45) is 2.60. The second kappa shape index (κ2) is 6.79. The number of hydrogen-bond donors (Lipinski definition) is 1. The van der Waals surface area contributed by atoms with E-state index >= 15 is 0 Å². The minimum absolute atomic E-state index is 0.00945. The average molecular weight is 282 g/mol. The van der Waals surface area contributed by atoms with Gasteiger partial charge in [-0.25, -0.2) is 8.78 Å². The zero-order valence-corrected chi connectivity index (χ0v) is 11.7. The highest BCUT2D eigenvalue weighted by molar-refractivity contribution is 5.95. The van der Waals surface area contributed by atoms with Crippen molar-refractivity contribution in [2.45, 2.75) is 32.2 Å². The number of carbonyl (C=O) groups is 1. The number of halogens is 2. The third-order valence-electron chi connectivity index (χ3n) is 3.61. The number of rotatable bonds is 4. The number of carbonyl (C=O) groups excluding carboxylic acids is 1. The maximum atomic E-state index is 13.8. The monoisotopic (exact) mass is 282 g/mol. The van der Waals surface area contributed by atoms with Gasteiger partial charge in [0.2, 0.25) is 0 Å². The maximum absolute atomic E-state index is 13.8. The first kappa shape index (κ1) is 14.9. The molecule has 0 aliphatic carbocycles. The fourth-order valence-electron chi connectivity index (χ4n) is 2.64. The summed E-state index contributed by atoms with van der Waals surface area (Å²) in [5.74, 6) is -2.13. The fraction of sp³-hybridized carbons (Fsp3) is 0.533. The van der Waals surface area contributed by atoms with Crippen molar-refractivity contribution in [1.82, 2.24) is 10.2 Å². The van der Waals surface area contributed by atoms with E-state index in [4.69, 9.17) is 0 Å². The Morgan fingerprint density at radius 3 is 2.65 bits per heavy atom. The Labute approximate surface area is 118 Å². The molecule has 0 radical (unpaired) electrons. The number of piperidine rings is 1. The summed E-state index contributed by atoms with van der Waals surface area (Å²) in [5, 5.41) is 3.23. The van der Waals surface area contributed by atoms with Crippen LogP contribution in [-0.4, -0.2) is 36.5 Å². The van der Waals surface area contributed by atoms with Gasteiger partial charge >= 0.3 is 0 Å². The minimum Gasteiger partial charge on any atom is -0.334 e. The molecule has 1 saturated heterocycles. The van der Waals surface area contributed by atoms with Crippen LogP contribution in [0.5, 0.6) is 0 Å². The predicted octanol–water partition coefficient (Wildman–Crippen LogP) is 2.57. The van der Waals surface area contributed by atoms with Gasteiger partial charge in [0.05, 0.1) is 0 Å². The van der Waals surface area contributed by atoms with E-state index in [1.54, 1.807) is 4.90 Å². The lowest BCUT2D eigenvalue weighted by molar-refractivity contribution is 0.0639. The first-order valence-corrected chi connectivity index (χ1v) is 7.10. The molecule has 20 heavy (non-hydrogen) atoms. The quantitative estimate of drug-likeness (QED) is 0.920. The van der Waals surface area contributed by atoms with Crippen LogP contribution in [0.3, 0.4) is 0 Å². The Morgan fingerprint density at radius 1 is 1.40 bits per heavy atom. The van der Waals surface area contributed by atoms with Crippen LogP contribution in [0.25, 0.3) is 0 Å². The van der Waals surface area contributed by atoms with Crippen molar-refractivity contribution in [3.05, 3.63) is 35.4 Å². The highest BCUT2D eigenvalue weighted by Crippen LogP contribution is 2.19. The summed E-state index contributed by atoms with van der Waals surface area (Å²) in [6, 6.07) is 3.53. The van der Waals surface area contributed by atoms with Crippen molar-refractivity contribution >= 4 is 5.91 Å². The van der Waals surface area contributed by atoms with Gasteiger partial charge in [0.25, 0.3) is 5.91 Å². The molecule has 1 aromatic carbocycles. The molecule has 2 rings (SSSR count). The maximum Gasteiger partial charge on any atom is 0.260 e. The van der Waals surface area contributed by atoms with Gasteiger partial charge in [0.1, 0.15) is 17.2 Å². The molecule has 1 unspecified atom stereocenters. The second-order valence-electron chi connectivity index (χ2n) is 5.10. The zero-order valence-electron chi connectivity index (χ0n) is 11.7. The van der Waals surface area contributed by atoms with Gasteiger partial charge in [0, 0.05) is 19.1 Å². The highest BCUT2D eigenvalue weighted by Gasteiger charge is 2.29. The summed E-state index contributed by atoms with van der Waals surface area (Å²) in [7, 11) is 0. The number of hydrogen-bond acceptors (Lipinski definition) is 2. The van der Waals surface area contributed by atoms with Crippen molar-refractivity contribution < 1.29 is 13.6 Å². The second-order valence-corrected chi connectivity index (χ2v) is 5.10. The molecule has 1 amide bonds. The molecule has 1 aliphatic heterocycles. The molecule has 5 heteroatoms. The highest BCUT2D eigenvalue weighted by atomic mass is 19.1. The molecular formula is C15H20F2N2O. The third-order valence-corrected chi connectivity index (χ3v) is 3.61. The van der Waals surface area contributed by atoms with Crippen molar-refractivity contribution in [1.29, 1.82) is 0 Å². The van der Waals surface area contributed by atoms with Crippen LogP contribution in [0.4, 0.5) is 8.78 Å². The Morgan fingerprint density at radius 2 is 2.10 bits per heavy atom. The van der Waals surface area contributed by atoms with E-state index in [0.717, 1.165) is 37.9 Å². The molecule has 0 aromatic heterocycles. The summed E-state index contributed by atoms with van der Waals surface area (Å²) >= 11 is 0. The van der Waals surface area contributed by atoms with E-state index in [9.17, 15) is 13.6 Å². The van der Waals surface area contributed by atoms with E-state index in [-0.39, 0.29) is 6.04 Å². The van der Waals surface area contributed by atoms with Crippen LogP contribution in [0, 0.1) is 11.6 Å². The molecule has 1 N–H and O–H groups in total. The number of nitrogens with one attached hydrogen (secondary N) is 1. The Kier molecular flexibility index (Phi) is 5.06. The van der Waals surface area contributed by atoms with Gasteiger partial charge in [-0.05, 0) is 37.9 Å². The summed E-state index contributed by atoms with van der Waals surface area (Å²) in [6.45, 7) is 4.08. The standard InChI is InChI=1S/C15H20F2N2O/c1-2-9-19(11-5-4-8-18-10-11)15(20)14-12(16)6-3-7-13(14)17/h3,6-7,11,18H,2,4-5,8-10H2,1H3. The normalized spacial score (nSPS) is 18.9. The Hall–Kier alpha value is -1.49. The van der Waals surface area contributed by atoms with Crippen molar-refractivity contribution in [2.24, 2.45) is 0 Å². The van der Waals surface area contributed by atoms with E-state index in [2.05, 4.69) is 5.32 Å². The van der Waals surface area contributed by atoms with Crippen LogP contribution >= 0.6 is 0 Å². The fourth-order valence-corrected chi connectivity index (χ4v) is 2.64. The molecule has 1 heterocycles. The molecule has 110 valence electrons. The Balaban J connectivity index is 2.26. The molecule has 0 spiro atoms. The summed E-state index contributed by atoms with van der Waals surface area (Å²) in [4.78, 5) is 14.1. The van der Waals surface area contributed by atoms with Gasteiger partial charge < -0.3 is 10.2 Å². The Bertz CT molecular complexity index is 453. The van der Waals surface area contributed by atoms with Crippen LogP contribution in [0.2, 0.25) is 0 Å². The largest absolute Gasteiger partial charge is 0.334 e. The van der Waals surface area contributed by atoms with E-state index in [0.29, 0.717) is 13.1 Å². The van der Waals surface area contributed by atoms with Crippen LogP contribution in [-0.2, 0) is 0 Å². The van der Waals surface area contributed by atoms with Crippen molar-refractivity contribution in [3.63, 3.8) is 0 Å². The van der Waals surface area contributed by atoms with Crippen molar-refractivity contribution in [2.75, 3.05) is 19.6 Å². The van der Waals surface area contributed by atoms with E-state index in [1.165, 1.54) is 6.07 Å². The zero-order chi connectivity index (χ0) is 14.5. The van der Waals surface area contributed by atoms with Gasteiger partial charge in [-0.2, -0.15) is 0 Å². The van der Waals surface area contributed by atoms with Crippen LogP contribution in [0.15, 0.2) is 18.2 Å². The smallest absolute Gasteiger partial charge is 0.260 e. The topological polar surface area (TPSA) is 32.3 Å². The lowest BCUT2D eigenvalue weighted by atomic mass is 10.0. The van der Waals surface area contributed by atoms with Gasteiger partial charge in [0.15, 0.2) is 0 Å². The van der Waals surface area contributed by atoms with Crippen LogP contribution < -0.4 is 5.32 Å².